The number of nitrogen functional groups attached to an aromatic ring is 2. The first-order valence-corrected chi connectivity index (χ1v) is 12.1. The lowest BCUT2D eigenvalue weighted by Gasteiger charge is -2.28. The van der Waals surface area contributed by atoms with Crippen LogP contribution in [0.3, 0.4) is 0 Å². The number of carbonyl (C=O) groups is 2. The van der Waals surface area contributed by atoms with Crippen LogP contribution in [-0.4, -0.2) is 64.8 Å². The Morgan fingerprint density at radius 3 is 2.68 bits per heavy atom. The number of amidine groups is 1. The molecule has 1 unspecified atom stereocenters. The first-order chi connectivity index (χ1) is 18.2. The van der Waals surface area contributed by atoms with Crippen LogP contribution < -0.4 is 26.2 Å². The van der Waals surface area contributed by atoms with Crippen molar-refractivity contribution in [2.45, 2.75) is 12.4 Å². The lowest BCUT2D eigenvalue weighted by Crippen LogP contribution is -2.54. The van der Waals surface area contributed by atoms with Crippen LogP contribution in [0.15, 0.2) is 53.0 Å². The van der Waals surface area contributed by atoms with Crippen LogP contribution >= 0.6 is 11.3 Å². The zero-order chi connectivity index (χ0) is 27.2. The molecule has 1 atom stereocenters. The van der Waals surface area contributed by atoms with Crippen molar-refractivity contribution < 1.29 is 33.9 Å². The molecule has 1 aliphatic rings. The first kappa shape index (κ1) is 26.4. The molecule has 8 N–H and O–H groups in total. The zero-order valence-corrected chi connectivity index (χ0v) is 20.6. The van der Waals surface area contributed by atoms with Gasteiger partial charge >= 0.3 is 13.1 Å². The van der Waals surface area contributed by atoms with Crippen molar-refractivity contribution in [2.24, 2.45) is 10.9 Å². The van der Waals surface area contributed by atoms with Gasteiger partial charge in [0.25, 0.3) is 5.91 Å². The molecule has 4 rings (SSSR count). The molecule has 196 valence electrons. The SMILES string of the molecule is N=C(N)c1ccc(OCCO/N=C(\C(=O)NC2Cc3cccc(C(=O)O)c3OB2O)c2csc(N)n2)cc1. The number of fused-ring (bicyclic) bond motifs is 1. The van der Waals surface area contributed by atoms with Gasteiger partial charge in [-0.3, -0.25) is 10.2 Å². The Morgan fingerprint density at radius 2 is 2.03 bits per heavy atom. The number of amides is 1. The molecular weight excluding hydrogens is 515 g/mol. The van der Waals surface area contributed by atoms with Crippen molar-refractivity contribution in [3.05, 3.63) is 70.2 Å². The summed E-state index contributed by atoms with van der Waals surface area (Å²) in [5, 5.41) is 35.5. The fraction of sp³-hybridized carbons (Fsp3) is 0.174. The highest BCUT2D eigenvalue weighted by Crippen LogP contribution is 2.30. The Hall–Kier alpha value is -4.63. The van der Waals surface area contributed by atoms with E-state index in [-0.39, 0.29) is 53.3 Å². The van der Waals surface area contributed by atoms with Crippen LogP contribution in [0.25, 0.3) is 0 Å². The third-order valence-electron chi connectivity index (χ3n) is 5.41. The standard InChI is InChI=1S/C23H23BN6O7S/c25-20(26)12-4-6-14(7-5-12)35-8-9-36-30-18(16-11-38-23(27)28-16)21(31)29-17-10-13-2-1-3-15(22(32)33)19(13)37-24(17)34/h1-7,11,17,34H,8-10H2,(H3,25,26)(H2,27,28)(H,29,31)(H,32,33)/b30-18-. The van der Waals surface area contributed by atoms with Gasteiger partial charge in [0.15, 0.2) is 17.5 Å². The van der Waals surface area contributed by atoms with Gasteiger partial charge in [-0.15, -0.1) is 11.3 Å². The van der Waals surface area contributed by atoms with Crippen molar-refractivity contribution in [1.82, 2.24) is 10.3 Å². The Morgan fingerprint density at radius 1 is 1.26 bits per heavy atom. The second-order valence-corrected chi connectivity index (χ2v) is 8.91. The summed E-state index contributed by atoms with van der Waals surface area (Å²) in [7, 11) is -1.50. The molecule has 2 heterocycles. The summed E-state index contributed by atoms with van der Waals surface area (Å²) in [6.07, 6.45) is 0.118. The van der Waals surface area contributed by atoms with Crippen LogP contribution in [0, 0.1) is 5.41 Å². The summed E-state index contributed by atoms with van der Waals surface area (Å²) in [6.45, 7) is 0.0975. The Bertz CT molecular complexity index is 1380. The van der Waals surface area contributed by atoms with Gasteiger partial charge in [-0.25, -0.2) is 9.78 Å². The molecule has 1 amide bonds. The summed E-state index contributed by atoms with van der Waals surface area (Å²) in [6, 6.07) is 11.2. The highest BCUT2D eigenvalue weighted by molar-refractivity contribution is 7.13. The van der Waals surface area contributed by atoms with E-state index in [9.17, 15) is 19.7 Å². The summed E-state index contributed by atoms with van der Waals surface area (Å²) in [4.78, 5) is 33.9. The number of anilines is 1. The molecule has 0 aliphatic carbocycles. The predicted molar refractivity (Wildman–Crippen MR) is 140 cm³/mol. The number of oxime groups is 1. The number of benzene rings is 2. The van der Waals surface area contributed by atoms with E-state index in [2.05, 4.69) is 15.5 Å². The number of aromatic carboxylic acids is 1. The topological polar surface area (TPSA) is 215 Å². The molecule has 0 spiro atoms. The predicted octanol–water partition coefficient (Wildman–Crippen LogP) is 0.647. The molecule has 1 aliphatic heterocycles. The fourth-order valence-electron chi connectivity index (χ4n) is 3.59. The number of nitrogens with zero attached hydrogens (tertiary/aromatic N) is 2. The minimum absolute atomic E-state index is 0.00857. The number of carboxylic acid groups (broad SMARTS) is 1. The van der Waals surface area contributed by atoms with Crippen LogP contribution in [0.1, 0.15) is 27.2 Å². The third-order valence-corrected chi connectivity index (χ3v) is 6.08. The molecule has 0 saturated heterocycles. The van der Waals surface area contributed by atoms with Gasteiger partial charge < -0.3 is 41.1 Å². The molecular formula is C23H23BN6O7S. The van der Waals surface area contributed by atoms with Crippen molar-refractivity contribution in [1.29, 1.82) is 5.41 Å². The summed E-state index contributed by atoms with van der Waals surface area (Å²) in [5.41, 5.74) is 12.1. The van der Waals surface area contributed by atoms with Crippen molar-refractivity contribution in [2.75, 3.05) is 18.9 Å². The van der Waals surface area contributed by atoms with Gasteiger partial charge in [-0.2, -0.15) is 0 Å². The van der Waals surface area contributed by atoms with Gasteiger partial charge in [0.1, 0.15) is 29.6 Å². The number of ether oxygens (including phenoxy) is 1. The number of nitrogens with one attached hydrogen (secondary N) is 2. The van der Waals surface area contributed by atoms with E-state index in [1.807, 2.05) is 0 Å². The Balaban J connectivity index is 1.41. The van der Waals surface area contributed by atoms with Crippen LogP contribution in [-0.2, 0) is 16.1 Å². The number of nitrogens with two attached hydrogens (primary N) is 2. The van der Waals surface area contributed by atoms with E-state index in [4.69, 9.17) is 31.1 Å². The van der Waals surface area contributed by atoms with Gasteiger partial charge in [-0.1, -0.05) is 17.3 Å². The quantitative estimate of drug-likeness (QED) is 0.0696. The average molecular weight is 538 g/mol. The first-order valence-electron chi connectivity index (χ1n) is 11.2. The average Bonchev–Trinajstić information content (AvgIpc) is 3.32. The minimum atomic E-state index is -1.50. The van der Waals surface area contributed by atoms with E-state index in [0.717, 1.165) is 11.3 Å². The maximum absolute atomic E-state index is 13.1. The molecule has 38 heavy (non-hydrogen) atoms. The molecule has 13 nitrogen and oxygen atoms in total. The number of hydrogen-bond donors (Lipinski definition) is 6. The number of rotatable bonds is 10. The van der Waals surface area contributed by atoms with Crippen molar-refractivity contribution in [3.63, 3.8) is 0 Å². The molecule has 2 aromatic carbocycles. The molecule has 3 aromatic rings. The van der Waals surface area contributed by atoms with E-state index >= 15 is 0 Å². The summed E-state index contributed by atoms with van der Waals surface area (Å²) < 4.78 is 11.0. The smallest absolute Gasteiger partial charge is 0.534 e. The van der Waals surface area contributed by atoms with Crippen molar-refractivity contribution in [3.8, 4) is 11.5 Å². The number of aromatic nitrogens is 1. The number of para-hydroxylation sites is 1. The highest BCUT2D eigenvalue weighted by atomic mass is 32.1. The third kappa shape index (κ3) is 6.19. The highest BCUT2D eigenvalue weighted by Gasteiger charge is 2.38. The lowest BCUT2D eigenvalue weighted by atomic mass is 9.72. The van der Waals surface area contributed by atoms with Gasteiger partial charge in [0, 0.05) is 10.9 Å². The Kier molecular flexibility index (Phi) is 8.08. The minimum Gasteiger partial charge on any atom is -0.534 e. The van der Waals surface area contributed by atoms with Gasteiger partial charge in [0.05, 0.1) is 11.5 Å². The second kappa shape index (κ2) is 11.6. The summed E-state index contributed by atoms with van der Waals surface area (Å²) in [5.74, 6) is -2.27. The fourth-order valence-corrected chi connectivity index (χ4v) is 4.14. The van der Waals surface area contributed by atoms with E-state index in [1.54, 1.807) is 36.4 Å². The van der Waals surface area contributed by atoms with Gasteiger partial charge in [0.2, 0.25) is 0 Å². The Labute approximate surface area is 220 Å². The number of thiazole rings is 1. The normalized spacial score (nSPS) is 14.7. The van der Waals surface area contributed by atoms with Gasteiger partial charge in [-0.05, 0) is 42.3 Å². The van der Waals surface area contributed by atoms with Crippen LogP contribution in [0.2, 0.25) is 0 Å². The van der Waals surface area contributed by atoms with Crippen LogP contribution in [0.4, 0.5) is 5.13 Å². The number of carbonyl (C=O) groups excluding carboxylic acids is 1. The maximum atomic E-state index is 13.1. The zero-order valence-electron chi connectivity index (χ0n) is 19.8. The van der Waals surface area contributed by atoms with Crippen LogP contribution in [0.5, 0.6) is 11.5 Å². The molecule has 0 saturated carbocycles. The molecule has 0 bridgehead atoms. The molecule has 0 radical (unpaired) electrons. The van der Waals surface area contributed by atoms with E-state index in [0.29, 0.717) is 16.9 Å². The van der Waals surface area contributed by atoms with Crippen molar-refractivity contribution >= 4 is 47.0 Å². The van der Waals surface area contributed by atoms with E-state index in [1.165, 1.54) is 11.4 Å². The lowest BCUT2D eigenvalue weighted by molar-refractivity contribution is -0.115. The molecule has 0 fully saturated rings. The number of hydrogen-bond acceptors (Lipinski definition) is 11. The van der Waals surface area contributed by atoms with E-state index < -0.39 is 24.9 Å². The largest absolute Gasteiger partial charge is 0.547 e. The monoisotopic (exact) mass is 538 g/mol. The molecule has 1 aromatic heterocycles. The second-order valence-electron chi connectivity index (χ2n) is 8.02. The summed E-state index contributed by atoms with van der Waals surface area (Å²) >= 11 is 1.11. The molecule has 15 heteroatoms. The maximum Gasteiger partial charge on any atom is 0.547 e. The number of carboxylic acids is 1.